The molecular formula is C19H17N5O2. The number of amides is 2. The van der Waals surface area contributed by atoms with Crippen molar-refractivity contribution in [3.63, 3.8) is 0 Å². The third-order valence-electron chi connectivity index (χ3n) is 4.33. The van der Waals surface area contributed by atoms with Gasteiger partial charge in [-0.15, -0.1) is 5.10 Å². The first-order chi connectivity index (χ1) is 12.6. The summed E-state index contributed by atoms with van der Waals surface area (Å²) in [6.07, 6.45) is 0.469. The third-order valence-corrected chi connectivity index (χ3v) is 4.33. The number of carbonyl (C=O) groups excluding carboxylic acids is 2. The molecule has 2 heterocycles. The highest BCUT2D eigenvalue weighted by atomic mass is 16.2. The summed E-state index contributed by atoms with van der Waals surface area (Å²) in [6.45, 7) is 1.89. The van der Waals surface area contributed by atoms with E-state index in [2.05, 4.69) is 20.9 Å². The summed E-state index contributed by atoms with van der Waals surface area (Å²) in [5, 5.41) is 13.9. The van der Waals surface area contributed by atoms with Crippen LogP contribution in [0, 0.1) is 6.92 Å². The Balaban J connectivity index is 1.47. The summed E-state index contributed by atoms with van der Waals surface area (Å²) in [6, 6.07) is 15.1. The number of nitrogens with one attached hydrogen (secondary N) is 2. The van der Waals surface area contributed by atoms with Crippen molar-refractivity contribution in [1.29, 1.82) is 0 Å². The van der Waals surface area contributed by atoms with E-state index in [1.807, 2.05) is 43.3 Å². The van der Waals surface area contributed by atoms with Gasteiger partial charge in [0.25, 0.3) is 0 Å². The Hall–Kier alpha value is -3.48. The molecule has 26 heavy (non-hydrogen) atoms. The predicted molar refractivity (Wildman–Crippen MR) is 97.2 cm³/mol. The molecule has 2 N–H and O–H groups in total. The normalized spacial score (nSPS) is 12.6. The minimum Gasteiger partial charge on any atom is -0.326 e. The van der Waals surface area contributed by atoms with Crippen molar-refractivity contribution in [3.05, 3.63) is 65.5 Å². The Morgan fingerprint density at radius 3 is 2.85 bits per heavy atom. The molecular weight excluding hydrogens is 330 g/mol. The van der Waals surface area contributed by atoms with Gasteiger partial charge in [-0.1, -0.05) is 23.4 Å². The molecule has 2 amide bonds. The van der Waals surface area contributed by atoms with Gasteiger partial charge in [-0.3, -0.25) is 9.59 Å². The van der Waals surface area contributed by atoms with Crippen LogP contribution in [0.15, 0.2) is 48.5 Å². The molecule has 0 bridgehead atoms. The smallest absolute Gasteiger partial charge is 0.230 e. The fourth-order valence-corrected chi connectivity index (χ4v) is 3.00. The van der Waals surface area contributed by atoms with Crippen molar-refractivity contribution in [3.8, 4) is 5.69 Å². The lowest BCUT2D eigenvalue weighted by atomic mass is 10.1. The molecule has 0 spiro atoms. The maximum atomic E-state index is 12.4. The molecule has 2 aromatic carbocycles. The van der Waals surface area contributed by atoms with Crippen LogP contribution in [-0.4, -0.2) is 26.8 Å². The van der Waals surface area contributed by atoms with E-state index in [-0.39, 0.29) is 18.2 Å². The number of hydrogen-bond acceptors (Lipinski definition) is 4. The molecule has 1 aliphatic rings. The van der Waals surface area contributed by atoms with Crippen LogP contribution in [0.5, 0.6) is 0 Å². The average Bonchev–Trinajstić information content (AvgIpc) is 3.17. The molecule has 0 saturated heterocycles. The minimum atomic E-state index is -0.176. The number of anilines is 2. The lowest BCUT2D eigenvalue weighted by molar-refractivity contribution is -0.116. The molecule has 0 saturated carbocycles. The Morgan fingerprint density at radius 1 is 1.23 bits per heavy atom. The van der Waals surface area contributed by atoms with E-state index in [1.165, 1.54) is 0 Å². The molecule has 1 aliphatic heterocycles. The first kappa shape index (κ1) is 16.0. The van der Waals surface area contributed by atoms with E-state index in [1.54, 1.807) is 16.8 Å². The molecule has 0 radical (unpaired) electrons. The summed E-state index contributed by atoms with van der Waals surface area (Å²) in [5.41, 5.74) is 4.71. The maximum Gasteiger partial charge on any atom is 0.230 e. The first-order valence-electron chi connectivity index (χ1n) is 8.29. The zero-order valence-electron chi connectivity index (χ0n) is 14.2. The van der Waals surface area contributed by atoms with Crippen LogP contribution in [-0.2, 0) is 22.4 Å². The number of hydrogen-bond donors (Lipinski definition) is 2. The van der Waals surface area contributed by atoms with Gasteiger partial charge in [0.2, 0.25) is 11.8 Å². The van der Waals surface area contributed by atoms with Crippen molar-refractivity contribution in [2.24, 2.45) is 0 Å². The number of fused-ring (bicyclic) bond motifs is 1. The lowest BCUT2D eigenvalue weighted by Gasteiger charge is -2.07. The van der Waals surface area contributed by atoms with E-state index in [0.29, 0.717) is 17.8 Å². The van der Waals surface area contributed by atoms with Gasteiger partial charge in [0.05, 0.1) is 29.9 Å². The molecule has 0 atom stereocenters. The van der Waals surface area contributed by atoms with Crippen molar-refractivity contribution in [2.45, 2.75) is 19.8 Å². The zero-order chi connectivity index (χ0) is 18.1. The second kappa shape index (κ2) is 6.44. The predicted octanol–water partition coefficient (Wildman–Crippen LogP) is 2.25. The monoisotopic (exact) mass is 347 g/mol. The van der Waals surface area contributed by atoms with Crippen molar-refractivity contribution in [1.82, 2.24) is 15.0 Å². The first-order valence-corrected chi connectivity index (χ1v) is 8.29. The van der Waals surface area contributed by atoms with Crippen molar-refractivity contribution >= 4 is 23.2 Å². The third kappa shape index (κ3) is 3.06. The molecule has 7 heteroatoms. The summed E-state index contributed by atoms with van der Waals surface area (Å²) >= 11 is 0. The van der Waals surface area contributed by atoms with Crippen molar-refractivity contribution in [2.75, 3.05) is 10.6 Å². The van der Waals surface area contributed by atoms with E-state index < -0.39 is 0 Å². The molecule has 7 nitrogen and oxygen atoms in total. The molecule has 3 aromatic rings. The molecule has 130 valence electrons. The average molecular weight is 347 g/mol. The van der Waals surface area contributed by atoms with Gasteiger partial charge in [-0.25, -0.2) is 4.68 Å². The number of rotatable bonds is 4. The lowest BCUT2D eigenvalue weighted by Crippen LogP contribution is -2.15. The van der Waals surface area contributed by atoms with Crippen LogP contribution in [0.2, 0.25) is 0 Å². The number of nitrogens with zero attached hydrogens (tertiary/aromatic N) is 3. The Labute approximate surface area is 150 Å². The van der Waals surface area contributed by atoms with Crippen LogP contribution < -0.4 is 10.6 Å². The highest BCUT2D eigenvalue weighted by molar-refractivity contribution is 6.00. The van der Waals surface area contributed by atoms with Crippen LogP contribution in [0.1, 0.15) is 17.0 Å². The highest BCUT2D eigenvalue weighted by Crippen LogP contribution is 2.26. The summed E-state index contributed by atoms with van der Waals surface area (Å²) in [5.74, 6) is -0.206. The maximum absolute atomic E-state index is 12.4. The fourth-order valence-electron chi connectivity index (χ4n) is 3.00. The van der Waals surface area contributed by atoms with E-state index in [0.717, 1.165) is 22.6 Å². The second-order valence-electron chi connectivity index (χ2n) is 6.19. The SMILES string of the molecule is Cc1c(CC(=O)Nc2ccc3c(c2)CC(=O)N3)nnn1-c1ccccc1. The summed E-state index contributed by atoms with van der Waals surface area (Å²) < 4.78 is 1.72. The second-order valence-corrected chi connectivity index (χ2v) is 6.19. The van der Waals surface area contributed by atoms with Gasteiger partial charge in [0.15, 0.2) is 0 Å². The summed E-state index contributed by atoms with van der Waals surface area (Å²) in [7, 11) is 0. The number of para-hydroxylation sites is 1. The van der Waals surface area contributed by atoms with Gasteiger partial charge < -0.3 is 10.6 Å². The number of carbonyl (C=O) groups is 2. The highest BCUT2D eigenvalue weighted by Gasteiger charge is 2.18. The molecule has 0 aliphatic carbocycles. The van der Waals surface area contributed by atoms with Gasteiger partial charge in [0.1, 0.15) is 0 Å². The van der Waals surface area contributed by atoms with Crippen LogP contribution in [0.3, 0.4) is 0 Å². The van der Waals surface area contributed by atoms with Gasteiger partial charge in [-0.2, -0.15) is 0 Å². The Kier molecular flexibility index (Phi) is 3.96. The number of benzene rings is 2. The Bertz CT molecular complexity index is 994. The Morgan fingerprint density at radius 2 is 2.04 bits per heavy atom. The van der Waals surface area contributed by atoms with Gasteiger partial charge >= 0.3 is 0 Å². The van der Waals surface area contributed by atoms with Gasteiger partial charge in [-0.05, 0) is 42.8 Å². The largest absolute Gasteiger partial charge is 0.326 e. The summed E-state index contributed by atoms with van der Waals surface area (Å²) in [4.78, 5) is 23.8. The van der Waals surface area contributed by atoms with Crippen LogP contribution >= 0.6 is 0 Å². The quantitative estimate of drug-likeness (QED) is 0.757. The van der Waals surface area contributed by atoms with Crippen LogP contribution in [0.4, 0.5) is 11.4 Å². The van der Waals surface area contributed by atoms with Crippen LogP contribution in [0.25, 0.3) is 5.69 Å². The fraction of sp³-hybridized carbons (Fsp3) is 0.158. The molecule has 1 aromatic heterocycles. The standard InChI is InChI=1S/C19H17N5O2/c1-12-17(22-23-24(12)15-5-3-2-4-6-15)11-19(26)20-14-7-8-16-13(9-14)10-18(25)21-16/h2-9H,10-11H2,1H3,(H,20,26)(H,21,25). The zero-order valence-corrected chi connectivity index (χ0v) is 14.2. The van der Waals surface area contributed by atoms with E-state index in [9.17, 15) is 9.59 Å². The minimum absolute atomic E-state index is 0.0309. The van der Waals surface area contributed by atoms with E-state index >= 15 is 0 Å². The topological polar surface area (TPSA) is 88.9 Å². The van der Waals surface area contributed by atoms with E-state index in [4.69, 9.17) is 0 Å². The molecule has 4 rings (SSSR count). The van der Waals surface area contributed by atoms with Crippen molar-refractivity contribution < 1.29 is 9.59 Å². The van der Waals surface area contributed by atoms with Gasteiger partial charge in [0, 0.05) is 11.4 Å². The number of aromatic nitrogens is 3. The molecule has 0 unspecified atom stereocenters. The molecule has 0 fully saturated rings.